The number of aliphatic hydroxyl groups is 1. The second-order valence-electron chi connectivity index (χ2n) is 2.98. The minimum absolute atomic E-state index is 0.199. The third-order valence-electron chi connectivity index (χ3n) is 2.02. The van der Waals surface area contributed by atoms with Crippen LogP contribution in [-0.2, 0) is 0 Å². The molecule has 0 saturated heterocycles. The van der Waals surface area contributed by atoms with E-state index in [-0.39, 0.29) is 6.61 Å². The van der Waals surface area contributed by atoms with Gasteiger partial charge in [-0.3, -0.25) is 0 Å². The largest absolute Gasteiger partial charge is 0.395 e. The maximum atomic E-state index is 8.88. The first-order valence-corrected chi connectivity index (χ1v) is 5.13. The van der Waals surface area contributed by atoms with Crippen molar-refractivity contribution in [2.45, 2.75) is 13.8 Å². The van der Waals surface area contributed by atoms with E-state index in [9.17, 15) is 0 Å². The van der Waals surface area contributed by atoms with E-state index in [0.717, 1.165) is 18.8 Å². The second-order valence-corrected chi connectivity index (χ2v) is 2.98. The number of hydrogen-bond donors (Lipinski definition) is 2. The van der Waals surface area contributed by atoms with Crippen molar-refractivity contribution in [3.8, 4) is 0 Å². The van der Waals surface area contributed by atoms with Crippen LogP contribution in [-0.4, -0.2) is 43.3 Å². The van der Waals surface area contributed by atoms with Crippen molar-refractivity contribution in [2.24, 2.45) is 0 Å². The molecule has 0 rings (SSSR count). The van der Waals surface area contributed by atoms with Crippen molar-refractivity contribution in [3.63, 3.8) is 0 Å². The number of rotatable bonds is 7. The lowest BCUT2D eigenvalue weighted by Crippen LogP contribution is -2.25. The molecule has 0 atom stereocenters. The molecule has 0 fully saturated rings. The average molecular weight is 198 g/mol. The maximum absolute atomic E-state index is 8.88. The van der Waals surface area contributed by atoms with Gasteiger partial charge in [0.1, 0.15) is 0 Å². The second kappa shape index (κ2) is 8.78. The molecule has 0 radical (unpaired) electrons. The number of hydrogen-bond acceptors (Lipinski definition) is 3. The third kappa shape index (κ3) is 5.04. The Morgan fingerprint density at radius 2 is 2.21 bits per heavy atom. The van der Waals surface area contributed by atoms with Gasteiger partial charge in [0, 0.05) is 25.3 Å². The minimum atomic E-state index is 0.199. The predicted molar refractivity (Wildman–Crippen MR) is 61.2 cm³/mol. The lowest BCUT2D eigenvalue weighted by atomic mass is 10.3. The minimum Gasteiger partial charge on any atom is -0.395 e. The molecule has 0 aromatic heterocycles. The zero-order valence-corrected chi connectivity index (χ0v) is 9.45. The van der Waals surface area contributed by atoms with Crippen molar-refractivity contribution in [1.29, 1.82) is 0 Å². The Kier molecular flexibility index (Phi) is 8.28. The molecule has 0 heterocycles. The van der Waals surface area contributed by atoms with Crippen molar-refractivity contribution in [1.82, 2.24) is 10.2 Å². The fourth-order valence-electron chi connectivity index (χ4n) is 1.27. The predicted octanol–water partition coefficient (Wildman–Crippen LogP) is 0.980. The summed E-state index contributed by atoms with van der Waals surface area (Å²) in [6.45, 7) is 6.79. The van der Waals surface area contributed by atoms with Crippen LogP contribution in [0.2, 0.25) is 0 Å². The van der Waals surface area contributed by atoms with E-state index in [1.165, 1.54) is 0 Å². The molecule has 2 N–H and O–H groups in total. The van der Waals surface area contributed by atoms with Gasteiger partial charge in [0.05, 0.1) is 6.61 Å². The van der Waals surface area contributed by atoms with Gasteiger partial charge >= 0.3 is 0 Å². The highest BCUT2D eigenvalue weighted by atomic mass is 16.3. The van der Waals surface area contributed by atoms with E-state index in [1.807, 2.05) is 14.0 Å². The summed E-state index contributed by atoms with van der Waals surface area (Å²) in [7, 11) is 1.92. The Hall–Kier alpha value is -0.800. The Bertz CT molecular complexity index is 188. The Morgan fingerprint density at radius 3 is 2.64 bits per heavy atom. The summed E-state index contributed by atoms with van der Waals surface area (Å²) in [5.74, 6) is 0. The van der Waals surface area contributed by atoms with Gasteiger partial charge < -0.3 is 15.3 Å². The number of allylic oxidation sites excluding steroid dienone is 2. The van der Waals surface area contributed by atoms with E-state index in [4.69, 9.17) is 5.11 Å². The number of nitrogens with one attached hydrogen (secondary N) is 1. The first-order chi connectivity index (χ1) is 6.79. The topological polar surface area (TPSA) is 35.5 Å². The summed E-state index contributed by atoms with van der Waals surface area (Å²) in [6.07, 6.45) is 6.22. The van der Waals surface area contributed by atoms with Gasteiger partial charge in [-0.05, 0) is 27.0 Å². The van der Waals surface area contributed by atoms with Crippen LogP contribution in [0.1, 0.15) is 13.8 Å². The van der Waals surface area contributed by atoms with E-state index in [0.29, 0.717) is 6.54 Å². The Balaban J connectivity index is 4.22. The van der Waals surface area contributed by atoms with Gasteiger partial charge in [-0.1, -0.05) is 12.2 Å². The third-order valence-corrected chi connectivity index (χ3v) is 2.02. The molecule has 0 aliphatic carbocycles. The maximum Gasteiger partial charge on any atom is 0.0606 e. The van der Waals surface area contributed by atoms with Crippen LogP contribution in [0.25, 0.3) is 0 Å². The molecule has 82 valence electrons. The highest BCUT2D eigenvalue weighted by molar-refractivity contribution is 5.17. The van der Waals surface area contributed by atoms with Gasteiger partial charge in [-0.2, -0.15) is 0 Å². The molecule has 0 aromatic rings. The van der Waals surface area contributed by atoms with Gasteiger partial charge in [0.25, 0.3) is 0 Å². The highest BCUT2D eigenvalue weighted by Crippen LogP contribution is 2.04. The molecule has 0 spiro atoms. The first kappa shape index (κ1) is 13.2. The first-order valence-electron chi connectivity index (χ1n) is 5.13. The van der Waals surface area contributed by atoms with E-state index in [2.05, 4.69) is 35.4 Å². The van der Waals surface area contributed by atoms with Gasteiger partial charge in [0.15, 0.2) is 0 Å². The SMILES string of the molecule is C/C=C(\C=C/CNC)N(CC)CCO. The number of aliphatic hydroxyl groups excluding tert-OH is 1. The molecule has 0 unspecified atom stereocenters. The van der Waals surface area contributed by atoms with E-state index in [1.54, 1.807) is 0 Å². The fourth-order valence-corrected chi connectivity index (χ4v) is 1.27. The summed E-state index contributed by atoms with van der Waals surface area (Å²) < 4.78 is 0. The zero-order valence-electron chi connectivity index (χ0n) is 9.45. The van der Waals surface area contributed by atoms with Gasteiger partial charge in [0.2, 0.25) is 0 Å². The normalized spacial score (nSPS) is 12.4. The standard InChI is InChI=1S/C11H22N2O/c1-4-11(7-6-8-12-3)13(5-2)9-10-14/h4,6-7,12,14H,5,8-10H2,1-3H3/b7-6-,11-4+. The lowest BCUT2D eigenvalue weighted by molar-refractivity contribution is 0.234. The molecule has 0 aromatic carbocycles. The van der Waals surface area contributed by atoms with Gasteiger partial charge in [-0.25, -0.2) is 0 Å². The molecule has 3 heteroatoms. The van der Waals surface area contributed by atoms with Crippen LogP contribution in [0.4, 0.5) is 0 Å². The molecule has 0 saturated carbocycles. The van der Waals surface area contributed by atoms with Crippen LogP contribution < -0.4 is 5.32 Å². The van der Waals surface area contributed by atoms with Crippen LogP contribution in [0.5, 0.6) is 0 Å². The molecule has 0 amide bonds. The zero-order chi connectivity index (χ0) is 10.8. The summed E-state index contributed by atoms with van der Waals surface area (Å²) in [5.41, 5.74) is 1.16. The molecular weight excluding hydrogens is 176 g/mol. The smallest absolute Gasteiger partial charge is 0.0606 e. The van der Waals surface area contributed by atoms with Crippen LogP contribution in [0, 0.1) is 0 Å². The summed E-state index contributed by atoms with van der Waals surface area (Å²) in [5, 5.41) is 11.9. The van der Waals surface area contributed by atoms with E-state index >= 15 is 0 Å². The Morgan fingerprint density at radius 1 is 1.50 bits per heavy atom. The highest BCUT2D eigenvalue weighted by Gasteiger charge is 2.01. The van der Waals surface area contributed by atoms with Gasteiger partial charge in [-0.15, -0.1) is 0 Å². The molecule has 0 aliphatic rings. The number of nitrogens with zero attached hydrogens (tertiary/aromatic N) is 1. The van der Waals surface area contributed by atoms with Crippen molar-refractivity contribution < 1.29 is 5.11 Å². The summed E-state index contributed by atoms with van der Waals surface area (Å²) in [4.78, 5) is 2.14. The van der Waals surface area contributed by atoms with Crippen LogP contribution in [0.3, 0.4) is 0 Å². The molecule has 3 nitrogen and oxygen atoms in total. The molecule has 0 aliphatic heterocycles. The fraction of sp³-hybridized carbons (Fsp3) is 0.636. The van der Waals surface area contributed by atoms with Crippen molar-refractivity contribution in [3.05, 3.63) is 23.9 Å². The molecule has 14 heavy (non-hydrogen) atoms. The van der Waals surface area contributed by atoms with Crippen LogP contribution in [0.15, 0.2) is 23.9 Å². The molecule has 0 bridgehead atoms. The Labute approximate surface area is 87.1 Å². The monoisotopic (exact) mass is 198 g/mol. The van der Waals surface area contributed by atoms with Crippen LogP contribution >= 0.6 is 0 Å². The average Bonchev–Trinajstić information content (AvgIpc) is 2.22. The van der Waals surface area contributed by atoms with Crippen molar-refractivity contribution in [2.75, 3.05) is 33.3 Å². The molecular formula is C11H22N2O. The van der Waals surface area contributed by atoms with E-state index < -0.39 is 0 Å². The lowest BCUT2D eigenvalue weighted by Gasteiger charge is -2.22. The number of likely N-dealkylation sites (N-methyl/N-ethyl adjacent to an activating group) is 2. The summed E-state index contributed by atoms with van der Waals surface area (Å²) in [6, 6.07) is 0. The van der Waals surface area contributed by atoms with Crippen molar-refractivity contribution >= 4 is 0 Å². The quantitative estimate of drug-likeness (QED) is 0.599. The summed E-state index contributed by atoms with van der Waals surface area (Å²) >= 11 is 0.